The maximum atomic E-state index is 12.1. The van der Waals surface area contributed by atoms with Crippen LogP contribution < -0.4 is 19.5 Å². The number of aromatic nitrogens is 1. The van der Waals surface area contributed by atoms with Crippen molar-refractivity contribution in [1.82, 2.24) is 4.98 Å². The van der Waals surface area contributed by atoms with Gasteiger partial charge in [-0.15, -0.1) is 0 Å². The summed E-state index contributed by atoms with van der Waals surface area (Å²) < 4.78 is 17.2. The van der Waals surface area contributed by atoms with Crippen LogP contribution >= 0.6 is 11.3 Å². The van der Waals surface area contributed by atoms with E-state index in [1.807, 2.05) is 24.3 Å². The monoisotopic (exact) mass is 372 g/mol. The molecule has 0 saturated carbocycles. The summed E-state index contributed by atoms with van der Waals surface area (Å²) in [5, 5.41) is 3.30. The smallest absolute Gasteiger partial charge is 0.264 e. The predicted octanol–water partition coefficient (Wildman–Crippen LogP) is 4.11. The molecule has 1 N–H and O–H groups in total. The number of ether oxygens (including phenoxy) is 3. The van der Waals surface area contributed by atoms with Crippen molar-refractivity contribution in [3.8, 4) is 17.2 Å². The normalized spacial score (nSPS) is 10.5. The van der Waals surface area contributed by atoms with Gasteiger partial charge in [0.1, 0.15) is 17.2 Å². The van der Waals surface area contributed by atoms with Gasteiger partial charge in [-0.2, -0.15) is 0 Å². The fourth-order valence-electron chi connectivity index (χ4n) is 2.26. The van der Waals surface area contributed by atoms with Crippen LogP contribution in [0.3, 0.4) is 0 Å². The lowest BCUT2D eigenvalue weighted by molar-refractivity contribution is -0.118. The predicted molar refractivity (Wildman–Crippen MR) is 103 cm³/mol. The number of fused-ring (bicyclic) bond motifs is 1. The molecule has 26 heavy (non-hydrogen) atoms. The zero-order valence-corrected chi connectivity index (χ0v) is 15.5. The van der Waals surface area contributed by atoms with E-state index < -0.39 is 0 Å². The highest BCUT2D eigenvalue weighted by Crippen LogP contribution is 2.29. The van der Waals surface area contributed by atoms with E-state index in [-0.39, 0.29) is 12.5 Å². The molecule has 7 heteroatoms. The molecular formula is C19H20N2O4S. The molecule has 0 unspecified atom stereocenters. The van der Waals surface area contributed by atoms with Crippen LogP contribution in [0.25, 0.3) is 10.2 Å². The van der Waals surface area contributed by atoms with Crippen LogP contribution in [0.5, 0.6) is 17.2 Å². The molecule has 0 aliphatic rings. The molecule has 1 amide bonds. The first-order valence-electron chi connectivity index (χ1n) is 8.28. The average Bonchev–Trinajstić information content (AvgIpc) is 3.06. The van der Waals surface area contributed by atoms with Gasteiger partial charge >= 0.3 is 0 Å². The summed E-state index contributed by atoms with van der Waals surface area (Å²) >= 11 is 1.40. The van der Waals surface area contributed by atoms with Crippen LogP contribution in [0.1, 0.15) is 13.3 Å². The van der Waals surface area contributed by atoms with Crippen molar-refractivity contribution in [3.63, 3.8) is 0 Å². The number of anilines is 1. The summed E-state index contributed by atoms with van der Waals surface area (Å²) in [6.45, 7) is 2.63. The molecule has 0 spiro atoms. The van der Waals surface area contributed by atoms with Crippen LogP contribution in [-0.4, -0.2) is 31.2 Å². The van der Waals surface area contributed by atoms with Crippen LogP contribution in [0.2, 0.25) is 0 Å². The number of amides is 1. The number of carbonyl (C=O) groups excluding carboxylic acids is 1. The molecule has 6 nitrogen and oxygen atoms in total. The van der Waals surface area contributed by atoms with Crippen LogP contribution in [-0.2, 0) is 4.79 Å². The third-order valence-electron chi connectivity index (χ3n) is 3.49. The fourth-order valence-corrected chi connectivity index (χ4v) is 3.17. The Morgan fingerprint density at radius 1 is 1.12 bits per heavy atom. The van der Waals surface area contributed by atoms with Crippen molar-refractivity contribution >= 4 is 32.6 Å². The Hall–Kier alpha value is -2.80. The third kappa shape index (κ3) is 4.64. The van der Waals surface area contributed by atoms with Crippen molar-refractivity contribution in [2.24, 2.45) is 0 Å². The summed E-state index contributed by atoms with van der Waals surface area (Å²) in [7, 11) is 1.58. The highest BCUT2D eigenvalue weighted by atomic mass is 32.1. The number of benzene rings is 2. The van der Waals surface area contributed by atoms with E-state index in [1.165, 1.54) is 11.3 Å². The fraction of sp³-hybridized carbons (Fsp3) is 0.263. The van der Waals surface area contributed by atoms with E-state index in [0.717, 1.165) is 22.4 Å². The average molecular weight is 372 g/mol. The minimum Gasteiger partial charge on any atom is -0.497 e. The molecule has 0 bridgehead atoms. The highest BCUT2D eigenvalue weighted by molar-refractivity contribution is 7.22. The van der Waals surface area contributed by atoms with Gasteiger partial charge in [-0.05, 0) is 36.8 Å². The molecule has 2 aromatic carbocycles. The molecule has 1 heterocycles. The molecule has 1 aromatic heterocycles. The van der Waals surface area contributed by atoms with Crippen molar-refractivity contribution < 1.29 is 19.0 Å². The number of rotatable bonds is 8. The number of hydrogen-bond acceptors (Lipinski definition) is 6. The van der Waals surface area contributed by atoms with Crippen molar-refractivity contribution in [3.05, 3.63) is 42.5 Å². The SMILES string of the molecule is CCCOc1ccc2nc(NC(=O)COc3cccc(OC)c3)sc2c1. The third-order valence-corrected chi connectivity index (χ3v) is 4.42. The molecule has 0 radical (unpaired) electrons. The Bertz CT molecular complexity index is 894. The number of nitrogens with one attached hydrogen (secondary N) is 1. The lowest BCUT2D eigenvalue weighted by Gasteiger charge is -2.07. The maximum absolute atomic E-state index is 12.1. The van der Waals surface area contributed by atoms with Gasteiger partial charge in [0.2, 0.25) is 0 Å². The van der Waals surface area contributed by atoms with E-state index in [0.29, 0.717) is 23.2 Å². The van der Waals surface area contributed by atoms with Crippen LogP contribution in [0.4, 0.5) is 5.13 Å². The summed E-state index contributed by atoms with van der Waals surface area (Å²) in [6.07, 6.45) is 0.954. The number of methoxy groups -OCH3 is 1. The molecule has 0 fully saturated rings. The lowest BCUT2D eigenvalue weighted by Crippen LogP contribution is -2.19. The molecule has 3 rings (SSSR count). The largest absolute Gasteiger partial charge is 0.497 e. The van der Waals surface area contributed by atoms with Gasteiger partial charge in [0.25, 0.3) is 5.91 Å². The maximum Gasteiger partial charge on any atom is 0.264 e. The molecule has 0 atom stereocenters. The van der Waals surface area contributed by atoms with Gasteiger partial charge in [-0.25, -0.2) is 4.98 Å². The Morgan fingerprint density at radius 2 is 1.92 bits per heavy atom. The Kier molecular flexibility index (Phi) is 5.91. The van der Waals surface area contributed by atoms with E-state index in [1.54, 1.807) is 25.3 Å². The van der Waals surface area contributed by atoms with Gasteiger partial charge in [-0.3, -0.25) is 10.1 Å². The molecular weight excluding hydrogens is 352 g/mol. The quantitative estimate of drug-likeness (QED) is 0.644. The van der Waals surface area contributed by atoms with Crippen LogP contribution in [0, 0.1) is 0 Å². The van der Waals surface area contributed by atoms with Crippen molar-refractivity contribution in [2.75, 3.05) is 25.6 Å². The highest BCUT2D eigenvalue weighted by Gasteiger charge is 2.10. The second kappa shape index (κ2) is 8.53. The molecule has 0 saturated heterocycles. The molecule has 3 aromatic rings. The van der Waals surface area contributed by atoms with Gasteiger partial charge in [0.15, 0.2) is 11.7 Å². The second-order valence-electron chi connectivity index (χ2n) is 5.51. The zero-order chi connectivity index (χ0) is 18.4. The summed E-state index contributed by atoms with van der Waals surface area (Å²) in [4.78, 5) is 16.5. The molecule has 136 valence electrons. The molecule has 0 aliphatic heterocycles. The van der Waals surface area contributed by atoms with E-state index in [9.17, 15) is 4.79 Å². The number of carbonyl (C=O) groups is 1. The van der Waals surface area contributed by atoms with Gasteiger partial charge < -0.3 is 14.2 Å². The van der Waals surface area contributed by atoms with Crippen molar-refractivity contribution in [1.29, 1.82) is 0 Å². The van der Waals surface area contributed by atoms with Gasteiger partial charge in [0, 0.05) is 6.07 Å². The first kappa shape index (κ1) is 18.0. The number of hydrogen-bond donors (Lipinski definition) is 1. The Balaban J connectivity index is 1.59. The topological polar surface area (TPSA) is 69.7 Å². The molecule has 0 aliphatic carbocycles. The van der Waals surface area contributed by atoms with Crippen molar-refractivity contribution in [2.45, 2.75) is 13.3 Å². The number of nitrogens with zero attached hydrogens (tertiary/aromatic N) is 1. The first-order valence-corrected chi connectivity index (χ1v) is 9.09. The standard InChI is InChI=1S/C19H20N2O4S/c1-3-9-24-15-7-8-16-17(11-15)26-19(20-16)21-18(22)12-25-14-6-4-5-13(10-14)23-2/h4-8,10-11H,3,9,12H2,1-2H3,(H,20,21,22). The van der Waals surface area contributed by atoms with E-state index in [4.69, 9.17) is 14.2 Å². The summed E-state index contributed by atoms with van der Waals surface area (Å²) in [6, 6.07) is 12.8. The van der Waals surface area contributed by atoms with Crippen LogP contribution in [0.15, 0.2) is 42.5 Å². The van der Waals surface area contributed by atoms with E-state index >= 15 is 0 Å². The van der Waals surface area contributed by atoms with Gasteiger partial charge in [0.05, 0.1) is 23.9 Å². The van der Waals surface area contributed by atoms with Gasteiger partial charge in [-0.1, -0.05) is 24.3 Å². The lowest BCUT2D eigenvalue weighted by atomic mass is 10.3. The Labute approximate surface area is 155 Å². The second-order valence-corrected chi connectivity index (χ2v) is 6.54. The minimum atomic E-state index is -0.269. The number of thiazole rings is 1. The zero-order valence-electron chi connectivity index (χ0n) is 14.7. The minimum absolute atomic E-state index is 0.103. The summed E-state index contributed by atoms with van der Waals surface area (Å²) in [5.74, 6) is 1.79. The summed E-state index contributed by atoms with van der Waals surface area (Å²) in [5.41, 5.74) is 0.822. The first-order chi connectivity index (χ1) is 12.7. The van der Waals surface area contributed by atoms with E-state index in [2.05, 4.69) is 17.2 Å². The Morgan fingerprint density at radius 3 is 2.73 bits per heavy atom.